The highest BCUT2D eigenvalue weighted by molar-refractivity contribution is 5.94. The molecule has 2 rings (SSSR count). The van der Waals surface area contributed by atoms with Crippen LogP contribution in [0.3, 0.4) is 0 Å². The van der Waals surface area contributed by atoms with Crippen LogP contribution in [0.15, 0.2) is 11.6 Å². The number of carbonyl (C=O) groups is 1. The third-order valence-electron chi connectivity index (χ3n) is 4.53. The molecule has 3 unspecified atom stereocenters. The van der Waals surface area contributed by atoms with Gasteiger partial charge in [0.2, 0.25) is 0 Å². The molecule has 78 valence electrons. The van der Waals surface area contributed by atoms with Crippen molar-refractivity contribution >= 4 is 5.78 Å². The normalized spacial score (nSPS) is 41.8. The van der Waals surface area contributed by atoms with Crippen molar-refractivity contribution in [2.75, 3.05) is 0 Å². The van der Waals surface area contributed by atoms with E-state index in [1.54, 1.807) is 6.92 Å². The van der Waals surface area contributed by atoms with E-state index in [1.807, 2.05) is 0 Å². The highest BCUT2D eigenvalue weighted by atomic mass is 16.1. The van der Waals surface area contributed by atoms with Crippen LogP contribution >= 0.6 is 0 Å². The topological polar surface area (TPSA) is 17.1 Å². The van der Waals surface area contributed by atoms with Gasteiger partial charge in [0, 0.05) is 0 Å². The van der Waals surface area contributed by atoms with Crippen molar-refractivity contribution in [3.63, 3.8) is 0 Å². The predicted octanol–water partition coefficient (Wildman–Crippen LogP) is 3.35. The second-order valence-electron chi connectivity index (χ2n) is 5.32. The summed E-state index contributed by atoms with van der Waals surface area (Å²) < 4.78 is 0. The Morgan fingerprint density at radius 2 is 2.21 bits per heavy atom. The zero-order chi connectivity index (χ0) is 10.3. The minimum absolute atomic E-state index is 0.285. The summed E-state index contributed by atoms with van der Waals surface area (Å²) in [6.45, 7) is 6.39. The number of hydrogen-bond acceptors (Lipinski definition) is 1. The van der Waals surface area contributed by atoms with Crippen LogP contribution in [0.2, 0.25) is 0 Å². The highest BCUT2D eigenvalue weighted by Gasteiger charge is 2.44. The van der Waals surface area contributed by atoms with Gasteiger partial charge < -0.3 is 0 Å². The number of Topliss-reactive ketones (excluding diaryl/α,β-unsaturated/α-hetero) is 1. The van der Waals surface area contributed by atoms with Crippen LogP contribution in [-0.4, -0.2) is 5.78 Å². The quantitative estimate of drug-likeness (QED) is 0.622. The van der Waals surface area contributed by atoms with E-state index in [9.17, 15) is 4.79 Å². The lowest BCUT2D eigenvalue weighted by molar-refractivity contribution is -0.113. The number of ketones is 1. The highest BCUT2D eigenvalue weighted by Crippen LogP contribution is 2.53. The molecule has 0 aromatic carbocycles. The number of fused-ring (bicyclic) bond motifs is 1. The Kier molecular flexibility index (Phi) is 2.29. The van der Waals surface area contributed by atoms with Gasteiger partial charge in [-0.1, -0.05) is 26.3 Å². The van der Waals surface area contributed by atoms with E-state index in [0.717, 1.165) is 23.8 Å². The van der Waals surface area contributed by atoms with Gasteiger partial charge in [0.15, 0.2) is 5.78 Å². The third kappa shape index (κ3) is 1.34. The molecule has 2 aliphatic rings. The second-order valence-corrected chi connectivity index (χ2v) is 5.32. The van der Waals surface area contributed by atoms with Gasteiger partial charge in [-0.25, -0.2) is 0 Å². The van der Waals surface area contributed by atoms with Crippen molar-refractivity contribution in [2.45, 2.75) is 46.5 Å². The van der Waals surface area contributed by atoms with Crippen LogP contribution in [0, 0.1) is 17.3 Å². The summed E-state index contributed by atoms with van der Waals surface area (Å²) in [4.78, 5) is 11.4. The van der Waals surface area contributed by atoms with Crippen LogP contribution in [0.25, 0.3) is 0 Å². The standard InChI is InChI=1S/C13H20O/c1-9-5-4-6-12-7-11(10(2)14)8-13(9,12)3/h8-9,12H,4-7H2,1-3H3. The van der Waals surface area contributed by atoms with Crippen LogP contribution in [0.1, 0.15) is 46.5 Å². The molecule has 0 amide bonds. The first-order valence-corrected chi connectivity index (χ1v) is 5.76. The van der Waals surface area contributed by atoms with E-state index in [0.29, 0.717) is 5.41 Å². The van der Waals surface area contributed by atoms with Gasteiger partial charge >= 0.3 is 0 Å². The summed E-state index contributed by atoms with van der Waals surface area (Å²) in [5, 5.41) is 0. The van der Waals surface area contributed by atoms with Gasteiger partial charge in [-0.3, -0.25) is 4.79 Å². The number of carbonyl (C=O) groups excluding carboxylic acids is 1. The van der Waals surface area contributed by atoms with Gasteiger partial charge in [0.05, 0.1) is 0 Å². The Bertz CT molecular complexity index is 290. The lowest BCUT2D eigenvalue weighted by Crippen LogP contribution is -2.32. The van der Waals surface area contributed by atoms with E-state index in [-0.39, 0.29) is 5.78 Å². The molecule has 1 fully saturated rings. The maximum Gasteiger partial charge on any atom is 0.155 e. The molecule has 0 bridgehead atoms. The smallest absolute Gasteiger partial charge is 0.155 e. The maximum absolute atomic E-state index is 11.4. The fraction of sp³-hybridized carbons (Fsp3) is 0.769. The van der Waals surface area contributed by atoms with Crippen molar-refractivity contribution < 1.29 is 4.79 Å². The number of allylic oxidation sites excluding steroid dienone is 2. The van der Waals surface area contributed by atoms with Crippen LogP contribution < -0.4 is 0 Å². The van der Waals surface area contributed by atoms with E-state index < -0.39 is 0 Å². The third-order valence-corrected chi connectivity index (χ3v) is 4.53. The summed E-state index contributed by atoms with van der Waals surface area (Å²) in [5.41, 5.74) is 1.41. The molecule has 0 aromatic rings. The zero-order valence-electron chi connectivity index (χ0n) is 9.47. The van der Waals surface area contributed by atoms with Gasteiger partial charge in [-0.2, -0.15) is 0 Å². The number of rotatable bonds is 1. The molecule has 0 spiro atoms. The number of hydrogen-bond donors (Lipinski definition) is 0. The summed E-state index contributed by atoms with van der Waals surface area (Å²) >= 11 is 0. The Morgan fingerprint density at radius 1 is 1.50 bits per heavy atom. The predicted molar refractivity (Wildman–Crippen MR) is 58.0 cm³/mol. The molecule has 0 saturated heterocycles. The van der Waals surface area contributed by atoms with Crippen molar-refractivity contribution in [2.24, 2.45) is 17.3 Å². The zero-order valence-corrected chi connectivity index (χ0v) is 9.47. The molecule has 0 radical (unpaired) electrons. The summed E-state index contributed by atoms with van der Waals surface area (Å²) in [5.74, 6) is 1.77. The first-order chi connectivity index (χ1) is 6.54. The van der Waals surface area contributed by atoms with Gasteiger partial charge in [-0.15, -0.1) is 0 Å². The van der Waals surface area contributed by atoms with Gasteiger partial charge in [0.25, 0.3) is 0 Å². The van der Waals surface area contributed by atoms with Crippen molar-refractivity contribution in [1.82, 2.24) is 0 Å². The molecule has 14 heavy (non-hydrogen) atoms. The Hall–Kier alpha value is -0.590. The largest absolute Gasteiger partial charge is 0.295 e. The fourth-order valence-electron chi connectivity index (χ4n) is 3.22. The Balaban J connectivity index is 2.29. The summed E-state index contributed by atoms with van der Waals surface area (Å²) in [7, 11) is 0. The lowest BCUT2D eigenvalue weighted by Gasteiger charge is -2.41. The minimum Gasteiger partial charge on any atom is -0.295 e. The molecule has 1 nitrogen and oxygen atoms in total. The Labute approximate surface area is 86.6 Å². The van der Waals surface area contributed by atoms with E-state index >= 15 is 0 Å². The van der Waals surface area contributed by atoms with Crippen LogP contribution in [0.4, 0.5) is 0 Å². The molecule has 0 N–H and O–H groups in total. The average Bonchev–Trinajstić information content (AvgIpc) is 2.45. The van der Waals surface area contributed by atoms with Gasteiger partial charge in [-0.05, 0) is 49.0 Å². The van der Waals surface area contributed by atoms with Crippen LogP contribution in [-0.2, 0) is 4.79 Å². The minimum atomic E-state index is 0.285. The molecule has 2 aliphatic carbocycles. The van der Waals surface area contributed by atoms with Crippen molar-refractivity contribution in [3.8, 4) is 0 Å². The van der Waals surface area contributed by atoms with Gasteiger partial charge in [0.1, 0.15) is 0 Å². The molecule has 0 aromatic heterocycles. The first-order valence-electron chi connectivity index (χ1n) is 5.76. The second kappa shape index (κ2) is 3.22. The fourth-order valence-corrected chi connectivity index (χ4v) is 3.22. The Morgan fingerprint density at radius 3 is 2.79 bits per heavy atom. The molecule has 1 saturated carbocycles. The molecule has 3 atom stereocenters. The molecule has 1 heteroatoms. The lowest BCUT2D eigenvalue weighted by atomic mass is 9.64. The molecular weight excluding hydrogens is 172 g/mol. The SMILES string of the molecule is CC(=O)C1=CC2(C)C(C)CCCC2C1. The maximum atomic E-state index is 11.4. The summed E-state index contributed by atoms with van der Waals surface area (Å²) in [6.07, 6.45) is 7.31. The monoisotopic (exact) mass is 192 g/mol. The molecule has 0 aliphatic heterocycles. The van der Waals surface area contributed by atoms with Crippen molar-refractivity contribution in [3.05, 3.63) is 11.6 Å². The van der Waals surface area contributed by atoms with E-state index in [1.165, 1.54) is 19.3 Å². The van der Waals surface area contributed by atoms with E-state index in [2.05, 4.69) is 19.9 Å². The summed E-state index contributed by atoms with van der Waals surface area (Å²) in [6, 6.07) is 0. The van der Waals surface area contributed by atoms with Crippen LogP contribution in [0.5, 0.6) is 0 Å². The average molecular weight is 192 g/mol. The first kappa shape index (κ1) is 9.95. The van der Waals surface area contributed by atoms with Crippen molar-refractivity contribution in [1.29, 1.82) is 0 Å². The van der Waals surface area contributed by atoms with E-state index in [4.69, 9.17) is 0 Å². The molecule has 0 heterocycles. The molecular formula is C13H20O.